The lowest BCUT2D eigenvalue weighted by Gasteiger charge is -2.34. The highest BCUT2D eigenvalue weighted by molar-refractivity contribution is 5.99. The van der Waals surface area contributed by atoms with Gasteiger partial charge in [-0.2, -0.15) is 0 Å². The highest BCUT2D eigenvalue weighted by Gasteiger charge is 2.25. The van der Waals surface area contributed by atoms with E-state index in [1.807, 2.05) is 11.9 Å². The van der Waals surface area contributed by atoms with Crippen LogP contribution in [0.1, 0.15) is 20.7 Å². The summed E-state index contributed by atoms with van der Waals surface area (Å²) in [6.45, 7) is 5.59. The lowest BCUT2D eigenvalue weighted by Crippen LogP contribution is -2.49. The molecule has 0 N–H and O–H groups in total. The molecule has 152 valence electrons. The number of nitrogens with zero attached hydrogens (tertiary/aromatic N) is 7. The van der Waals surface area contributed by atoms with Crippen LogP contribution in [0.2, 0.25) is 0 Å². The molecule has 2 amide bonds. The first kappa shape index (κ1) is 19.3. The molecule has 2 aromatic heterocycles. The Morgan fingerprint density at radius 1 is 0.793 bits per heavy atom. The molecule has 0 atom stereocenters. The number of aromatic nitrogens is 3. The van der Waals surface area contributed by atoms with E-state index in [2.05, 4.69) is 24.8 Å². The molecule has 2 fully saturated rings. The fraction of sp³-hybridized carbons (Fsp3) is 0.450. The van der Waals surface area contributed by atoms with Crippen molar-refractivity contribution in [2.45, 2.75) is 0 Å². The van der Waals surface area contributed by atoms with Crippen molar-refractivity contribution in [2.24, 2.45) is 0 Å². The molecule has 9 nitrogen and oxygen atoms in total. The molecular formula is C20H25N7O2. The minimum absolute atomic E-state index is 0.0636. The maximum absolute atomic E-state index is 12.9. The maximum Gasteiger partial charge on any atom is 0.255 e. The minimum Gasteiger partial charge on any atom is -0.337 e. The van der Waals surface area contributed by atoms with Crippen LogP contribution in [-0.4, -0.2) is 101 Å². The number of carbonyl (C=O) groups is 2. The topological polar surface area (TPSA) is 85.8 Å². The number of likely N-dealkylation sites (N-methyl/N-ethyl adjacent to an activating group) is 1. The summed E-state index contributed by atoms with van der Waals surface area (Å²) in [6, 6.07) is 3.45. The Kier molecular flexibility index (Phi) is 5.66. The predicted molar refractivity (Wildman–Crippen MR) is 108 cm³/mol. The van der Waals surface area contributed by atoms with Crippen LogP contribution in [-0.2, 0) is 0 Å². The Morgan fingerprint density at radius 2 is 1.31 bits per heavy atom. The van der Waals surface area contributed by atoms with Gasteiger partial charge >= 0.3 is 0 Å². The fourth-order valence-corrected chi connectivity index (χ4v) is 3.61. The summed E-state index contributed by atoms with van der Waals surface area (Å²) in [4.78, 5) is 46.3. The second-order valence-electron chi connectivity index (χ2n) is 7.39. The van der Waals surface area contributed by atoms with Gasteiger partial charge in [-0.3, -0.25) is 14.6 Å². The monoisotopic (exact) mass is 395 g/mol. The lowest BCUT2D eigenvalue weighted by molar-refractivity contribution is 0.0663. The standard InChI is InChI=1S/C20H25N7O2/c1-24-5-7-25(8-6-24)18(28)16-13-17(15-21-14-16)19(29)26-9-11-27(12-10-26)20-22-3-2-4-23-20/h2-4,13-15H,5-12H2,1H3. The first-order chi connectivity index (χ1) is 14.1. The van der Waals surface area contributed by atoms with Gasteiger partial charge in [0, 0.05) is 77.1 Å². The third kappa shape index (κ3) is 4.34. The van der Waals surface area contributed by atoms with Gasteiger partial charge in [-0.15, -0.1) is 0 Å². The number of amides is 2. The molecule has 2 saturated heterocycles. The van der Waals surface area contributed by atoms with Crippen LogP contribution >= 0.6 is 0 Å². The molecule has 2 aliphatic heterocycles. The number of hydrogen-bond donors (Lipinski definition) is 0. The van der Waals surface area contributed by atoms with Gasteiger partial charge in [-0.1, -0.05) is 0 Å². The molecule has 29 heavy (non-hydrogen) atoms. The van der Waals surface area contributed by atoms with E-state index in [9.17, 15) is 9.59 Å². The zero-order valence-electron chi connectivity index (χ0n) is 16.6. The Morgan fingerprint density at radius 3 is 1.86 bits per heavy atom. The van der Waals surface area contributed by atoms with Crippen molar-refractivity contribution in [3.05, 3.63) is 48.0 Å². The predicted octanol–water partition coefficient (Wildman–Crippen LogP) is 0.222. The van der Waals surface area contributed by atoms with E-state index in [1.165, 1.54) is 6.20 Å². The maximum atomic E-state index is 12.9. The van der Waals surface area contributed by atoms with Crippen LogP contribution in [0.15, 0.2) is 36.9 Å². The second kappa shape index (κ2) is 8.52. The summed E-state index contributed by atoms with van der Waals surface area (Å²) >= 11 is 0. The van der Waals surface area contributed by atoms with Gasteiger partial charge in [0.2, 0.25) is 5.95 Å². The summed E-state index contributed by atoms with van der Waals surface area (Å²) in [5.41, 5.74) is 0.922. The number of carbonyl (C=O) groups excluding carboxylic acids is 2. The second-order valence-corrected chi connectivity index (χ2v) is 7.39. The zero-order chi connectivity index (χ0) is 20.2. The van der Waals surface area contributed by atoms with Crippen LogP contribution in [0.25, 0.3) is 0 Å². The minimum atomic E-state index is -0.0980. The van der Waals surface area contributed by atoms with Crippen molar-refractivity contribution in [2.75, 3.05) is 64.3 Å². The molecule has 2 aromatic rings. The van der Waals surface area contributed by atoms with Gasteiger partial charge in [0.1, 0.15) is 0 Å². The number of hydrogen-bond acceptors (Lipinski definition) is 7. The van der Waals surface area contributed by atoms with Crippen molar-refractivity contribution < 1.29 is 9.59 Å². The van der Waals surface area contributed by atoms with Crippen LogP contribution in [0.3, 0.4) is 0 Å². The number of anilines is 1. The SMILES string of the molecule is CN1CCN(C(=O)c2cncc(C(=O)N3CCN(c4ncccn4)CC3)c2)CC1. The van der Waals surface area contributed by atoms with Gasteiger partial charge in [0.25, 0.3) is 11.8 Å². The Bertz CT molecular complexity index is 860. The molecule has 0 radical (unpaired) electrons. The number of piperazine rings is 2. The van der Waals surface area contributed by atoms with E-state index < -0.39 is 0 Å². The molecule has 0 bridgehead atoms. The molecule has 0 aliphatic carbocycles. The normalized spacial score (nSPS) is 18.0. The number of pyridine rings is 1. The van der Waals surface area contributed by atoms with E-state index in [0.29, 0.717) is 56.3 Å². The summed E-state index contributed by atoms with van der Waals surface area (Å²) < 4.78 is 0. The third-order valence-corrected chi connectivity index (χ3v) is 5.42. The first-order valence-electron chi connectivity index (χ1n) is 9.86. The smallest absolute Gasteiger partial charge is 0.255 e. The quantitative estimate of drug-likeness (QED) is 0.735. The average Bonchev–Trinajstić information content (AvgIpc) is 2.79. The van der Waals surface area contributed by atoms with Gasteiger partial charge in [-0.05, 0) is 19.2 Å². The van der Waals surface area contributed by atoms with E-state index in [1.54, 1.807) is 35.6 Å². The van der Waals surface area contributed by atoms with E-state index >= 15 is 0 Å². The van der Waals surface area contributed by atoms with Crippen LogP contribution < -0.4 is 4.90 Å². The van der Waals surface area contributed by atoms with Gasteiger partial charge in [0.05, 0.1) is 11.1 Å². The molecule has 2 aliphatic rings. The largest absolute Gasteiger partial charge is 0.337 e. The molecule has 4 heterocycles. The summed E-state index contributed by atoms with van der Waals surface area (Å²) in [5.74, 6) is 0.520. The highest BCUT2D eigenvalue weighted by atomic mass is 16.2. The lowest BCUT2D eigenvalue weighted by atomic mass is 10.1. The summed E-state index contributed by atoms with van der Waals surface area (Å²) in [6.07, 6.45) is 6.51. The first-order valence-corrected chi connectivity index (χ1v) is 9.86. The Hall–Kier alpha value is -3.07. The molecule has 0 saturated carbocycles. The zero-order valence-corrected chi connectivity index (χ0v) is 16.6. The van der Waals surface area contributed by atoms with Crippen molar-refractivity contribution in [1.29, 1.82) is 0 Å². The molecular weight excluding hydrogens is 370 g/mol. The van der Waals surface area contributed by atoms with E-state index in [0.717, 1.165) is 13.1 Å². The molecule has 9 heteroatoms. The molecule has 4 rings (SSSR count). The van der Waals surface area contributed by atoms with Crippen LogP contribution in [0.5, 0.6) is 0 Å². The van der Waals surface area contributed by atoms with Crippen molar-refractivity contribution >= 4 is 17.8 Å². The van der Waals surface area contributed by atoms with Crippen LogP contribution in [0.4, 0.5) is 5.95 Å². The highest BCUT2D eigenvalue weighted by Crippen LogP contribution is 2.14. The summed E-state index contributed by atoms with van der Waals surface area (Å²) in [7, 11) is 2.05. The van der Waals surface area contributed by atoms with Gasteiger partial charge in [-0.25, -0.2) is 9.97 Å². The van der Waals surface area contributed by atoms with Crippen molar-refractivity contribution in [3.8, 4) is 0 Å². The van der Waals surface area contributed by atoms with Gasteiger partial charge < -0.3 is 19.6 Å². The van der Waals surface area contributed by atoms with Gasteiger partial charge in [0.15, 0.2) is 0 Å². The fourth-order valence-electron chi connectivity index (χ4n) is 3.61. The Labute approximate surface area is 170 Å². The van der Waals surface area contributed by atoms with Crippen LogP contribution in [0, 0.1) is 0 Å². The van der Waals surface area contributed by atoms with Crippen molar-refractivity contribution in [3.63, 3.8) is 0 Å². The van der Waals surface area contributed by atoms with E-state index in [4.69, 9.17) is 0 Å². The third-order valence-electron chi connectivity index (χ3n) is 5.42. The van der Waals surface area contributed by atoms with Crippen molar-refractivity contribution in [1.82, 2.24) is 29.7 Å². The summed E-state index contributed by atoms with van der Waals surface area (Å²) in [5, 5.41) is 0. The average molecular weight is 395 g/mol. The number of rotatable bonds is 3. The molecule has 0 aromatic carbocycles. The molecule has 0 spiro atoms. The van der Waals surface area contributed by atoms with E-state index in [-0.39, 0.29) is 11.8 Å². The molecule has 0 unspecified atom stereocenters. The Balaban J connectivity index is 1.39.